The van der Waals surface area contributed by atoms with Crippen molar-refractivity contribution in [2.45, 2.75) is 44.6 Å². The number of unbranched alkanes of at least 4 members (excludes halogenated alkanes) is 2. The zero-order valence-electron chi connectivity index (χ0n) is 16.0. The molecule has 0 aliphatic rings. The molecular weight excluding hydrogens is 360 g/mol. The molecule has 0 aliphatic carbocycles. The lowest BCUT2D eigenvalue weighted by molar-refractivity contribution is -0.123. The Hall–Kier alpha value is -3.10. The van der Waals surface area contributed by atoms with Gasteiger partial charge in [0, 0.05) is 25.1 Å². The van der Waals surface area contributed by atoms with Crippen LogP contribution in [0.1, 0.15) is 48.9 Å². The van der Waals surface area contributed by atoms with Crippen molar-refractivity contribution in [3.63, 3.8) is 0 Å². The van der Waals surface area contributed by atoms with Gasteiger partial charge in [-0.1, -0.05) is 24.6 Å². The van der Waals surface area contributed by atoms with E-state index in [4.69, 9.17) is 17.2 Å². The molecule has 1 aromatic rings. The van der Waals surface area contributed by atoms with Crippen LogP contribution in [0.4, 0.5) is 0 Å². The minimum Gasteiger partial charge on any atom is -0.370 e. The van der Waals surface area contributed by atoms with E-state index in [9.17, 15) is 14.4 Å². The molecule has 0 spiro atoms. The number of nitrogens with zero attached hydrogens (tertiary/aromatic N) is 1. The van der Waals surface area contributed by atoms with Crippen molar-refractivity contribution in [1.29, 1.82) is 0 Å². The average molecular weight is 390 g/mol. The number of rotatable bonds is 13. The largest absolute Gasteiger partial charge is 0.370 e. The Balaban J connectivity index is 2.53. The molecule has 0 saturated heterocycles. The molecule has 0 heterocycles. The van der Waals surface area contributed by atoms with Crippen LogP contribution in [0.25, 0.3) is 0 Å². The van der Waals surface area contributed by atoms with E-state index < -0.39 is 6.04 Å². The van der Waals surface area contributed by atoms with Gasteiger partial charge in [-0.25, -0.2) is 0 Å². The van der Waals surface area contributed by atoms with Gasteiger partial charge in [0.2, 0.25) is 11.8 Å². The molecule has 3 amide bonds. The molecule has 1 aromatic carbocycles. The van der Waals surface area contributed by atoms with E-state index in [2.05, 4.69) is 15.6 Å². The minimum atomic E-state index is -0.687. The predicted octanol–water partition coefficient (Wildman–Crippen LogP) is 0.000500. The number of hydrogen-bond acceptors (Lipinski definition) is 4. The second-order valence-electron chi connectivity index (χ2n) is 6.41. The third-order valence-corrected chi connectivity index (χ3v) is 4.00. The normalized spacial score (nSPS) is 11.3. The molecule has 0 aliphatic heterocycles. The first kappa shape index (κ1) is 22.9. The molecule has 8 N–H and O–H groups in total. The first-order valence-corrected chi connectivity index (χ1v) is 9.37. The summed E-state index contributed by atoms with van der Waals surface area (Å²) in [7, 11) is 0. The van der Waals surface area contributed by atoms with E-state index in [1.54, 1.807) is 24.3 Å². The number of nitrogens with two attached hydrogens (primary N) is 3. The topological polar surface area (TPSA) is 166 Å². The summed E-state index contributed by atoms with van der Waals surface area (Å²) in [4.78, 5) is 39.5. The van der Waals surface area contributed by atoms with Crippen LogP contribution >= 0.6 is 0 Å². The zero-order chi connectivity index (χ0) is 20.8. The van der Waals surface area contributed by atoms with Crippen LogP contribution in [0.5, 0.6) is 0 Å². The van der Waals surface area contributed by atoms with Gasteiger partial charge in [-0.15, -0.1) is 0 Å². The summed E-state index contributed by atoms with van der Waals surface area (Å²) in [5, 5.41) is 5.59. The van der Waals surface area contributed by atoms with Gasteiger partial charge in [0.05, 0.1) is 0 Å². The molecule has 9 heteroatoms. The Morgan fingerprint density at radius 3 is 2.32 bits per heavy atom. The number of carbonyl (C=O) groups is 3. The Morgan fingerprint density at radius 1 is 0.964 bits per heavy atom. The Kier molecular flexibility index (Phi) is 10.8. The van der Waals surface area contributed by atoms with E-state index in [1.807, 2.05) is 6.07 Å². The highest BCUT2D eigenvalue weighted by Gasteiger charge is 2.20. The molecule has 0 bridgehead atoms. The average Bonchev–Trinajstić information content (AvgIpc) is 2.66. The van der Waals surface area contributed by atoms with Crippen LogP contribution in [0, 0.1) is 0 Å². The fraction of sp³-hybridized carbons (Fsp3) is 0.474. The molecule has 0 aromatic heterocycles. The molecule has 1 atom stereocenters. The zero-order valence-corrected chi connectivity index (χ0v) is 16.0. The van der Waals surface area contributed by atoms with Gasteiger partial charge in [-0.3, -0.25) is 19.4 Å². The molecule has 154 valence electrons. The number of aliphatic imine (C=N–C) groups is 1. The molecule has 9 nitrogen and oxygen atoms in total. The third-order valence-electron chi connectivity index (χ3n) is 4.00. The van der Waals surface area contributed by atoms with Crippen molar-refractivity contribution in [1.82, 2.24) is 10.6 Å². The van der Waals surface area contributed by atoms with Crippen LogP contribution in [0.3, 0.4) is 0 Å². The lowest BCUT2D eigenvalue weighted by atomic mass is 10.1. The van der Waals surface area contributed by atoms with Crippen molar-refractivity contribution in [3.05, 3.63) is 35.9 Å². The number of nitrogens with one attached hydrogen (secondary N) is 2. The molecule has 0 unspecified atom stereocenters. The number of primary amides is 1. The summed E-state index contributed by atoms with van der Waals surface area (Å²) in [6.45, 7) is 0.837. The minimum absolute atomic E-state index is 0.00900. The Bertz CT molecular complexity index is 659. The van der Waals surface area contributed by atoms with Gasteiger partial charge < -0.3 is 27.8 Å². The summed E-state index contributed by atoms with van der Waals surface area (Å²) in [5.74, 6) is -0.910. The van der Waals surface area contributed by atoms with Crippen molar-refractivity contribution in [2.24, 2.45) is 22.2 Å². The molecular formula is C19H30N6O3. The smallest absolute Gasteiger partial charge is 0.251 e. The first-order valence-electron chi connectivity index (χ1n) is 9.37. The maximum atomic E-state index is 12.5. The third kappa shape index (κ3) is 10.1. The number of benzene rings is 1. The van der Waals surface area contributed by atoms with E-state index in [-0.39, 0.29) is 23.7 Å². The van der Waals surface area contributed by atoms with E-state index in [0.29, 0.717) is 44.3 Å². The first-order chi connectivity index (χ1) is 13.4. The van der Waals surface area contributed by atoms with E-state index >= 15 is 0 Å². The van der Waals surface area contributed by atoms with Crippen LogP contribution in [0.15, 0.2) is 35.3 Å². The highest BCUT2D eigenvalue weighted by molar-refractivity contribution is 5.97. The van der Waals surface area contributed by atoms with E-state index in [1.165, 1.54) is 0 Å². The fourth-order valence-electron chi connectivity index (χ4n) is 2.54. The highest BCUT2D eigenvalue weighted by atomic mass is 16.2. The molecule has 0 fully saturated rings. The number of carbonyl (C=O) groups excluding carboxylic acids is 3. The standard InChI is InChI=1S/C19H30N6O3/c20-16(26)11-5-2-6-12-23-18(28)15(10-7-13-24-19(21)22)25-17(27)14-8-3-1-4-9-14/h1,3-4,8-9,15H,2,5-7,10-13H2,(H2,20,26)(H,23,28)(H,25,27)(H4,21,22,24)/t15-/m0/s1. The second kappa shape index (κ2) is 13.1. The summed E-state index contributed by atoms with van der Waals surface area (Å²) < 4.78 is 0. The number of amides is 3. The van der Waals surface area contributed by atoms with Gasteiger partial charge in [-0.05, 0) is 37.8 Å². The maximum Gasteiger partial charge on any atom is 0.251 e. The van der Waals surface area contributed by atoms with E-state index in [0.717, 1.165) is 12.8 Å². The lowest BCUT2D eigenvalue weighted by Gasteiger charge is -2.18. The summed E-state index contributed by atoms with van der Waals surface area (Å²) in [6.07, 6.45) is 3.50. The molecule has 1 rings (SSSR count). The van der Waals surface area contributed by atoms with Crippen LogP contribution < -0.4 is 27.8 Å². The van der Waals surface area contributed by atoms with Crippen LogP contribution in [0.2, 0.25) is 0 Å². The van der Waals surface area contributed by atoms with Gasteiger partial charge in [0.15, 0.2) is 5.96 Å². The summed E-state index contributed by atoms with van der Waals surface area (Å²) >= 11 is 0. The lowest BCUT2D eigenvalue weighted by Crippen LogP contribution is -2.47. The van der Waals surface area contributed by atoms with Crippen LogP contribution in [-0.2, 0) is 9.59 Å². The monoisotopic (exact) mass is 390 g/mol. The fourth-order valence-corrected chi connectivity index (χ4v) is 2.54. The predicted molar refractivity (Wildman–Crippen MR) is 108 cm³/mol. The maximum absolute atomic E-state index is 12.5. The Morgan fingerprint density at radius 2 is 1.68 bits per heavy atom. The number of hydrogen-bond donors (Lipinski definition) is 5. The Labute approximate surface area is 165 Å². The second-order valence-corrected chi connectivity index (χ2v) is 6.41. The van der Waals surface area contributed by atoms with Crippen molar-refractivity contribution < 1.29 is 14.4 Å². The molecule has 0 radical (unpaired) electrons. The van der Waals surface area contributed by atoms with Gasteiger partial charge in [0.1, 0.15) is 6.04 Å². The quantitative estimate of drug-likeness (QED) is 0.181. The van der Waals surface area contributed by atoms with Gasteiger partial charge >= 0.3 is 0 Å². The van der Waals surface area contributed by atoms with Crippen molar-refractivity contribution in [3.8, 4) is 0 Å². The number of guanidine groups is 1. The van der Waals surface area contributed by atoms with Gasteiger partial charge in [-0.2, -0.15) is 0 Å². The highest BCUT2D eigenvalue weighted by Crippen LogP contribution is 2.04. The van der Waals surface area contributed by atoms with Crippen molar-refractivity contribution >= 4 is 23.7 Å². The van der Waals surface area contributed by atoms with Gasteiger partial charge in [0.25, 0.3) is 5.91 Å². The SMILES string of the molecule is NC(=O)CCCCCNC(=O)[C@H](CCCN=C(N)N)NC(=O)c1ccccc1. The summed E-state index contributed by atoms with van der Waals surface area (Å²) in [5.41, 5.74) is 16.2. The molecule has 0 saturated carbocycles. The van der Waals surface area contributed by atoms with Crippen molar-refractivity contribution in [2.75, 3.05) is 13.1 Å². The van der Waals surface area contributed by atoms with Crippen LogP contribution in [-0.4, -0.2) is 42.8 Å². The summed E-state index contributed by atoms with van der Waals surface area (Å²) in [6, 6.07) is 8.01. The molecule has 28 heavy (non-hydrogen) atoms.